The van der Waals surface area contributed by atoms with Crippen molar-refractivity contribution in [3.8, 4) is 11.5 Å². The molecule has 0 radical (unpaired) electrons. The van der Waals surface area contributed by atoms with Crippen LogP contribution in [-0.4, -0.2) is 39.8 Å². The summed E-state index contributed by atoms with van der Waals surface area (Å²) in [4.78, 5) is 29.9. The number of methoxy groups -OCH3 is 2. The van der Waals surface area contributed by atoms with E-state index in [9.17, 15) is 10.1 Å². The molecule has 0 fully saturated rings. The van der Waals surface area contributed by atoms with Crippen molar-refractivity contribution in [1.82, 2.24) is 15.0 Å². The molecule has 1 aromatic heterocycles. The molecule has 6 rings (SSSR count). The molecule has 0 spiro atoms. The lowest BCUT2D eigenvalue weighted by molar-refractivity contribution is -0.384. The van der Waals surface area contributed by atoms with Gasteiger partial charge < -0.3 is 30.3 Å². The molecule has 3 N–H and O–H groups in total. The maximum Gasteiger partial charge on any atom is 0.269 e. The van der Waals surface area contributed by atoms with Crippen LogP contribution in [0.25, 0.3) is 0 Å². The number of aromatic nitrogens is 3. The Morgan fingerprint density at radius 3 is 1.56 bits per heavy atom. The van der Waals surface area contributed by atoms with Gasteiger partial charge in [-0.3, -0.25) is 10.1 Å². The fraction of sp³-hybridized carbons (Fsp3) is 0.125. The quantitative estimate of drug-likeness (QED) is 0.106. The molecule has 1 unspecified atom stereocenters. The maximum absolute atomic E-state index is 11.0. The molecule has 1 atom stereocenters. The summed E-state index contributed by atoms with van der Waals surface area (Å²) in [5, 5.41) is 24.9. The summed E-state index contributed by atoms with van der Waals surface area (Å²) in [5.74, 6) is 2.46. The van der Waals surface area contributed by atoms with Crippen LogP contribution in [0.4, 0.5) is 40.6 Å². The molecule has 0 bridgehead atoms. The summed E-state index contributed by atoms with van der Waals surface area (Å²) in [7, 11) is 3.23. The topological polar surface area (TPSA) is 158 Å². The van der Waals surface area contributed by atoms with Crippen molar-refractivity contribution in [3.05, 3.63) is 118 Å². The second-order valence-corrected chi connectivity index (χ2v) is 9.90. The lowest BCUT2D eigenvalue weighted by atomic mass is 10.00. The van der Waals surface area contributed by atoms with E-state index in [1.165, 1.54) is 12.1 Å². The molecule has 0 amide bonds. The first-order chi connectivity index (χ1) is 21.9. The first-order valence-corrected chi connectivity index (χ1v) is 13.9. The van der Waals surface area contributed by atoms with Gasteiger partial charge in [-0.2, -0.15) is 15.0 Å². The number of ether oxygens (including phenoxy) is 2. The normalized spacial score (nSPS) is 13.7. The van der Waals surface area contributed by atoms with Crippen molar-refractivity contribution < 1.29 is 19.2 Å². The van der Waals surface area contributed by atoms with E-state index >= 15 is 0 Å². The van der Waals surface area contributed by atoms with Crippen molar-refractivity contribution in [1.29, 1.82) is 0 Å². The van der Waals surface area contributed by atoms with Crippen molar-refractivity contribution in [2.45, 2.75) is 12.5 Å². The van der Waals surface area contributed by atoms with E-state index in [0.29, 0.717) is 24.3 Å². The number of non-ortho nitro benzene ring substituents is 1. The lowest BCUT2D eigenvalue weighted by Crippen LogP contribution is -2.07. The average Bonchev–Trinajstić information content (AvgIpc) is 3.56. The highest BCUT2D eigenvalue weighted by Gasteiger charge is 2.24. The van der Waals surface area contributed by atoms with E-state index in [4.69, 9.17) is 14.3 Å². The zero-order valence-corrected chi connectivity index (χ0v) is 24.3. The number of hydrogen-bond donors (Lipinski definition) is 3. The molecule has 2 heterocycles. The minimum Gasteiger partial charge on any atom is -0.497 e. The predicted molar refractivity (Wildman–Crippen MR) is 170 cm³/mol. The molecule has 1 aliphatic rings. The smallest absolute Gasteiger partial charge is 0.269 e. The van der Waals surface area contributed by atoms with Crippen LogP contribution in [0, 0.1) is 10.1 Å². The van der Waals surface area contributed by atoms with E-state index in [2.05, 4.69) is 36.1 Å². The molecule has 0 aliphatic carbocycles. The number of nitro groups is 1. The third-order valence-corrected chi connectivity index (χ3v) is 6.95. The number of oxime groups is 1. The van der Waals surface area contributed by atoms with Crippen LogP contribution in [0.5, 0.6) is 11.5 Å². The third kappa shape index (κ3) is 7.05. The summed E-state index contributed by atoms with van der Waals surface area (Å²) < 4.78 is 10.5. The predicted octanol–water partition coefficient (Wildman–Crippen LogP) is 6.89. The molecule has 4 aromatic carbocycles. The van der Waals surface area contributed by atoms with Crippen molar-refractivity contribution in [3.63, 3.8) is 0 Å². The van der Waals surface area contributed by atoms with E-state index in [-0.39, 0.29) is 11.8 Å². The zero-order valence-electron chi connectivity index (χ0n) is 24.3. The van der Waals surface area contributed by atoms with Gasteiger partial charge in [-0.15, -0.1) is 0 Å². The second-order valence-electron chi connectivity index (χ2n) is 9.90. The Balaban J connectivity index is 1.17. The maximum atomic E-state index is 11.0. The van der Waals surface area contributed by atoms with Crippen molar-refractivity contribution >= 4 is 46.3 Å². The minimum absolute atomic E-state index is 0.0337. The number of nitro benzene ring substituents is 1. The van der Waals surface area contributed by atoms with Crippen LogP contribution < -0.4 is 25.4 Å². The Labute approximate surface area is 258 Å². The van der Waals surface area contributed by atoms with E-state index in [0.717, 1.165) is 45.4 Å². The van der Waals surface area contributed by atoms with Gasteiger partial charge in [0.2, 0.25) is 17.8 Å². The SMILES string of the molecule is COc1ccc(Nc2nc(Nc3ccc(OC)cc3)nc(Nc3ccc(C4=NOC(c5ccc([N+](=O)[O-])cc5)C4)cc3)n2)cc1. The van der Waals surface area contributed by atoms with Crippen molar-refractivity contribution in [2.24, 2.45) is 5.16 Å². The number of hydrogen-bond acceptors (Lipinski definition) is 12. The highest BCUT2D eigenvalue weighted by molar-refractivity contribution is 6.01. The Kier molecular flexibility index (Phi) is 8.31. The van der Waals surface area contributed by atoms with Gasteiger partial charge in [0, 0.05) is 35.6 Å². The third-order valence-electron chi connectivity index (χ3n) is 6.95. The lowest BCUT2D eigenvalue weighted by Gasteiger charge is -2.12. The van der Waals surface area contributed by atoms with E-state index < -0.39 is 4.92 Å². The number of rotatable bonds is 11. The van der Waals surface area contributed by atoms with Gasteiger partial charge in [-0.25, -0.2) is 0 Å². The highest BCUT2D eigenvalue weighted by atomic mass is 16.6. The van der Waals surface area contributed by atoms with Crippen LogP contribution in [-0.2, 0) is 4.84 Å². The van der Waals surface area contributed by atoms with Gasteiger partial charge in [-0.1, -0.05) is 17.3 Å². The zero-order chi connectivity index (χ0) is 31.2. The molecular formula is C32H28N8O5. The number of benzene rings is 4. The van der Waals surface area contributed by atoms with Gasteiger partial charge in [0.05, 0.1) is 24.9 Å². The molecule has 1 aliphatic heterocycles. The second kappa shape index (κ2) is 13.0. The molecule has 5 aromatic rings. The van der Waals surface area contributed by atoms with Gasteiger partial charge in [0.15, 0.2) is 6.10 Å². The van der Waals surface area contributed by atoms with Crippen LogP contribution in [0.3, 0.4) is 0 Å². The van der Waals surface area contributed by atoms with Gasteiger partial charge >= 0.3 is 0 Å². The summed E-state index contributed by atoms with van der Waals surface area (Å²) in [6.45, 7) is 0. The molecular weight excluding hydrogens is 576 g/mol. The van der Waals surface area contributed by atoms with Gasteiger partial charge in [0.1, 0.15) is 11.5 Å². The Morgan fingerprint density at radius 2 is 1.13 bits per heavy atom. The molecule has 13 heteroatoms. The van der Waals surface area contributed by atoms with Gasteiger partial charge in [0.25, 0.3) is 5.69 Å². The van der Waals surface area contributed by atoms with Crippen LogP contribution in [0.15, 0.2) is 102 Å². The van der Waals surface area contributed by atoms with E-state index in [1.54, 1.807) is 26.4 Å². The number of nitrogens with one attached hydrogen (secondary N) is 3. The van der Waals surface area contributed by atoms with Gasteiger partial charge in [-0.05, 0) is 83.9 Å². The molecule has 0 saturated heterocycles. The minimum atomic E-state index is -0.426. The molecule has 226 valence electrons. The fourth-order valence-corrected chi connectivity index (χ4v) is 4.56. The molecule has 0 saturated carbocycles. The first kappa shape index (κ1) is 28.9. The fourth-order valence-electron chi connectivity index (χ4n) is 4.56. The Bertz CT molecular complexity index is 1750. The number of anilines is 6. The summed E-state index contributed by atoms with van der Waals surface area (Å²) in [6, 6.07) is 28.8. The summed E-state index contributed by atoms with van der Waals surface area (Å²) >= 11 is 0. The van der Waals surface area contributed by atoms with Crippen LogP contribution in [0.1, 0.15) is 23.7 Å². The average molecular weight is 605 g/mol. The van der Waals surface area contributed by atoms with Crippen molar-refractivity contribution in [2.75, 3.05) is 30.2 Å². The first-order valence-electron chi connectivity index (χ1n) is 13.9. The van der Waals surface area contributed by atoms with Crippen LogP contribution >= 0.6 is 0 Å². The summed E-state index contributed by atoms with van der Waals surface area (Å²) in [6.07, 6.45) is 0.232. The molecule has 45 heavy (non-hydrogen) atoms. The number of nitrogens with zero attached hydrogens (tertiary/aromatic N) is 5. The Hall–Kier alpha value is -6.24. The highest BCUT2D eigenvalue weighted by Crippen LogP contribution is 2.31. The summed E-state index contributed by atoms with van der Waals surface area (Å²) in [5.41, 5.74) is 4.84. The van der Waals surface area contributed by atoms with Crippen LogP contribution in [0.2, 0.25) is 0 Å². The largest absolute Gasteiger partial charge is 0.497 e. The molecule has 13 nitrogen and oxygen atoms in total. The Morgan fingerprint density at radius 1 is 0.689 bits per heavy atom. The standard InChI is InChI=1S/C32H28N8O5/c1-43-26-15-9-23(10-16-26)34-31-36-30(37-32(38-31)35-24-11-17-27(44-2)18-12-24)33-22-7-3-20(4-8-22)28-19-29(45-39-28)21-5-13-25(14-6-21)40(41)42/h3-18,29H,19H2,1-2H3,(H3,33,34,35,36,37,38). The van der Waals surface area contributed by atoms with E-state index in [1.807, 2.05) is 72.8 Å². The monoisotopic (exact) mass is 604 g/mol.